The maximum absolute atomic E-state index is 13.8. The highest BCUT2D eigenvalue weighted by Gasteiger charge is 2.47. The van der Waals surface area contributed by atoms with Crippen LogP contribution in [0.25, 0.3) is 11.3 Å². The zero-order valence-electron chi connectivity index (χ0n) is 20.8. The molecule has 2 aliphatic heterocycles. The number of alkyl halides is 3. The van der Waals surface area contributed by atoms with Crippen LogP contribution in [-0.2, 0) is 16.9 Å². The number of piperidine rings is 1. The molecule has 1 N–H and O–H groups in total. The van der Waals surface area contributed by atoms with Crippen molar-refractivity contribution >= 4 is 11.9 Å². The highest BCUT2D eigenvalue weighted by Crippen LogP contribution is 2.42. The summed E-state index contributed by atoms with van der Waals surface area (Å²) < 4.78 is 52.9. The van der Waals surface area contributed by atoms with Gasteiger partial charge in [-0.15, -0.1) is 0 Å². The molecule has 2 aromatic heterocycles. The second-order valence-electron chi connectivity index (χ2n) is 9.16. The van der Waals surface area contributed by atoms with Crippen molar-refractivity contribution < 1.29 is 36.8 Å². The highest BCUT2D eigenvalue weighted by molar-refractivity contribution is 5.92. The number of aliphatic carboxylic acids is 1. The number of likely N-dealkylation sites (N-methyl/N-ethyl adjacent to an activating group) is 1. The van der Waals surface area contributed by atoms with Gasteiger partial charge in [0.05, 0.1) is 17.4 Å². The molecule has 2 aliphatic rings. The SMILES string of the molecule is CCN1CCn2c(-c3cccc(F)c3)cnc2C12CCN(C(=O)c1cc(C)on1)CC2.O=C(O)C(F)(F)F. The number of fused-ring (bicyclic) bond motifs is 2. The van der Waals surface area contributed by atoms with Gasteiger partial charge in [-0.25, -0.2) is 14.2 Å². The van der Waals surface area contributed by atoms with Crippen LogP contribution < -0.4 is 0 Å². The summed E-state index contributed by atoms with van der Waals surface area (Å²) in [5.74, 6) is -1.44. The Kier molecular flexibility index (Phi) is 7.58. The van der Waals surface area contributed by atoms with Gasteiger partial charge in [-0.05, 0) is 38.4 Å². The molecule has 5 rings (SSSR count). The lowest BCUT2D eigenvalue weighted by Crippen LogP contribution is -2.58. The summed E-state index contributed by atoms with van der Waals surface area (Å²) in [5, 5.41) is 11.0. The van der Waals surface area contributed by atoms with E-state index in [1.165, 1.54) is 6.07 Å². The first-order chi connectivity index (χ1) is 18.0. The molecular formula is C25H27F4N5O4. The number of nitrogens with zero attached hydrogens (tertiary/aromatic N) is 5. The number of carboxylic acids is 1. The maximum atomic E-state index is 13.8. The number of hydrogen-bond donors (Lipinski definition) is 1. The number of amides is 1. The van der Waals surface area contributed by atoms with E-state index in [4.69, 9.17) is 19.4 Å². The van der Waals surface area contributed by atoms with Gasteiger partial charge in [0.1, 0.15) is 17.4 Å². The average Bonchev–Trinajstić information content (AvgIpc) is 3.51. The van der Waals surface area contributed by atoms with Crippen LogP contribution in [-0.4, -0.2) is 73.8 Å². The molecule has 0 aliphatic carbocycles. The fourth-order valence-electron chi connectivity index (χ4n) is 5.14. The summed E-state index contributed by atoms with van der Waals surface area (Å²) >= 11 is 0. The van der Waals surface area contributed by atoms with Crippen molar-refractivity contribution in [2.75, 3.05) is 26.2 Å². The number of halogens is 4. The maximum Gasteiger partial charge on any atom is 0.490 e. The Morgan fingerprint density at radius 1 is 1.13 bits per heavy atom. The Bertz CT molecular complexity index is 1310. The molecule has 1 spiro atoms. The lowest BCUT2D eigenvalue weighted by molar-refractivity contribution is -0.192. The predicted octanol–water partition coefficient (Wildman–Crippen LogP) is 4.09. The first-order valence-corrected chi connectivity index (χ1v) is 12.1. The number of aryl methyl sites for hydroxylation is 1. The minimum atomic E-state index is -5.08. The van der Waals surface area contributed by atoms with E-state index in [1.807, 2.05) is 17.2 Å². The summed E-state index contributed by atoms with van der Waals surface area (Å²) in [4.78, 5) is 30.9. The molecule has 0 bridgehead atoms. The van der Waals surface area contributed by atoms with Gasteiger partial charge in [0.2, 0.25) is 0 Å². The number of benzene rings is 1. The normalized spacial score (nSPS) is 17.1. The molecule has 1 amide bonds. The first-order valence-electron chi connectivity index (χ1n) is 12.1. The predicted molar refractivity (Wildman–Crippen MR) is 127 cm³/mol. The van der Waals surface area contributed by atoms with Crippen LogP contribution in [0.4, 0.5) is 17.6 Å². The van der Waals surface area contributed by atoms with Crippen LogP contribution in [0.1, 0.15) is 41.8 Å². The number of hydrogen-bond acceptors (Lipinski definition) is 6. The molecule has 9 nitrogen and oxygen atoms in total. The molecule has 13 heteroatoms. The van der Waals surface area contributed by atoms with Crippen LogP contribution in [0.15, 0.2) is 41.1 Å². The molecule has 38 heavy (non-hydrogen) atoms. The van der Waals surface area contributed by atoms with Crippen molar-refractivity contribution in [1.82, 2.24) is 24.5 Å². The topological polar surface area (TPSA) is 105 Å². The molecule has 1 saturated heterocycles. The van der Waals surface area contributed by atoms with Crippen molar-refractivity contribution in [2.45, 2.75) is 44.9 Å². The number of likely N-dealkylation sites (tertiary alicyclic amines) is 1. The van der Waals surface area contributed by atoms with Gasteiger partial charge in [0, 0.05) is 37.8 Å². The fourth-order valence-corrected chi connectivity index (χ4v) is 5.14. The van der Waals surface area contributed by atoms with Gasteiger partial charge >= 0.3 is 12.1 Å². The lowest BCUT2D eigenvalue weighted by atomic mass is 9.83. The number of carbonyl (C=O) groups excluding carboxylic acids is 1. The number of carbonyl (C=O) groups is 2. The van der Waals surface area contributed by atoms with Gasteiger partial charge < -0.3 is 19.1 Å². The van der Waals surface area contributed by atoms with Crippen molar-refractivity contribution in [3.05, 3.63) is 59.6 Å². The quantitative estimate of drug-likeness (QED) is 0.502. The third kappa shape index (κ3) is 5.28. The van der Waals surface area contributed by atoms with E-state index >= 15 is 0 Å². The van der Waals surface area contributed by atoms with E-state index in [0.717, 1.165) is 49.6 Å². The molecule has 3 aromatic rings. The van der Waals surface area contributed by atoms with Crippen LogP contribution >= 0.6 is 0 Å². The molecule has 0 radical (unpaired) electrons. The van der Waals surface area contributed by atoms with Crippen LogP contribution in [0, 0.1) is 12.7 Å². The Morgan fingerprint density at radius 3 is 2.37 bits per heavy atom. The molecule has 0 atom stereocenters. The fraction of sp³-hybridized carbons (Fsp3) is 0.440. The van der Waals surface area contributed by atoms with Crippen molar-refractivity contribution in [3.8, 4) is 11.3 Å². The zero-order valence-corrected chi connectivity index (χ0v) is 20.8. The minimum absolute atomic E-state index is 0.0886. The molecule has 0 saturated carbocycles. The van der Waals surface area contributed by atoms with E-state index in [1.54, 1.807) is 25.1 Å². The molecule has 4 heterocycles. The number of rotatable bonds is 3. The van der Waals surface area contributed by atoms with E-state index in [-0.39, 0.29) is 17.3 Å². The Balaban J connectivity index is 0.000000426. The summed E-state index contributed by atoms with van der Waals surface area (Å²) in [6, 6.07) is 8.36. The van der Waals surface area contributed by atoms with Gasteiger partial charge in [-0.1, -0.05) is 24.2 Å². The summed E-state index contributed by atoms with van der Waals surface area (Å²) in [5.41, 5.74) is 1.92. The molecule has 0 unspecified atom stereocenters. The van der Waals surface area contributed by atoms with Gasteiger partial charge in [-0.3, -0.25) is 9.69 Å². The smallest absolute Gasteiger partial charge is 0.475 e. The van der Waals surface area contributed by atoms with E-state index in [9.17, 15) is 22.4 Å². The monoisotopic (exact) mass is 537 g/mol. The van der Waals surface area contributed by atoms with Crippen LogP contribution in [0.3, 0.4) is 0 Å². The average molecular weight is 538 g/mol. The summed E-state index contributed by atoms with van der Waals surface area (Å²) in [7, 11) is 0. The standard InChI is InChI=1S/C23H26FN5O2.C2HF3O2/c1-3-28-11-12-29-20(17-5-4-6-18(24)14-17)15-25-22(29)23(28)7-9-27(10-8-23)21(30)19-13-16(2)31-26-19;3-2(4,5)1(6)7/h4-6,13-15H,3,7-12H2,1-2H3;(H,6,7). The second kappa shape index (κ2) is 10.6. The second-order valence-corrected chi connectivity index (χ2v) is 9.16. The molecule has 204 valence electrons. The molecule has 1 aromatic carbocycles. The third-order valence-corrected chi connectivity index (χ3v) is 6.94. The van der Waals surface area contributed by atoms with Crippen LogP contribution in [0.2, 0.25) is 0 Å². The van der Waals surface area contributed by atoms with Crippen LogP contribution in [0.5, 0.6) is 0 Å². The van der Waals surface area contributed by atoms with Gasteiger partial charge in [0.15, 0.2) is 5.69 Å². The summed E-state index contributed by atoms with van der Waals surface area (Å²) in [6.07, 6.45) is -1.63. The molecule has 1 fully saturated rings. The number of imidazole rings is 1. The van der Waals surface area contributed by atoms with Gasteiger partial charge in [0.25, 0.3) is 5.91 Å². The first kappa shape index (κ1) is 27.3. The van der Waals surface area contributed by atoms with E-state index < -0.39 is 12.1 Å². The largest absolute Gasteiger partial charge is 0.490 e. The minimum Gasteiger partial charge on any atom is -0.475 e. The van der Waals surface area contributed by atoms with Crippen molar-refractivity contribution in [3.63, 3.8) is 0 Å². The van der Waals surface area contributed by atoms with Gasteiger partial charge in [-0.2, -0.15) is 13.2 Å². The Labute approximate surface area is 215 Å². The molecular weight excluding hydrogens is 510 g/mol. The van der Waals surface area contributed by atoms with Crippen molar-refractivity contribution in [2.24, 2.45) is 0 Å². The van der Waals surface area contributed by atoms with E-state index in [0.29, 0.717) is 24.5 Å². The number of aromatic nitrogens is 3. The summed E-state index contributed by atoms with van der Waals surface area (Å²) in [6.45, 7) is 7.84. The Morgan fingerprint density at radius 2 is 1.82 bits per heavy atom. The Hall–Kier alpha value is -3.74. The van der Waals surface area contributed by atoms with E-state index in [2.05, 4.69) is 21.5 Å². The van der Waals surface area contributed by atoms with Crippen molar-refractivity contribution in [1.29, 1.82) is 0 Å². The third-order valence-electron chi connectivity index (χ3n) is 6.94. The highest BCUT2D eigenvalue weighted by atomic mass is 19.4. The number of carboxylic acid groups (broad SMARTS) is 1. The lowest BCUT2D eigenvalue weighted by Gasteiger charge is -2.50. The zero-order chi connectivity index (χ0) is 27.7.